The molecule has 110 valence electrons. The molecular formula is C16H26N4. The lowest BCUT2D eigenvalue weighted by atomic mass is 9.88. The average Bonchev–Trinajstić information content (AvgIpc) is 3.08. The number of nitrogens with one attached hydrogen (secondary N) is 1. The van der Waals surface area contributed by atoms with Crippen LogP contribution in [0.25, 0.3) is 0 Å². The van der Waals surface area contributed by atoms with Crippen molar-refractivity contribution in [3.8, 4) is 0 Å². The molecule has 4 heteroatoms. The maximum absolute atomic E-state index is 4.54. The van der Waals surface area contributed by atoms with Crippen molar-refractivity contribution < 1.29 is 0 Å². The van der Waals surface area contributed by atoms with Gasteiger partial charge in [0.2, 0.25) is 0 Å². The Morgan fingerprint density at radius 1 is 1.30 bits per heavy atom. The van der Waals surface area contributed by atoms with Crippen molar-refractivity contribution in [2.45, 2.75) is 39.0 Å². The summed E-state index contributed by atoms with van der Waals surface area (Å²) in [6, 6.07) is 0. The summed E-state index contributed by atoms with van der Waals surface area (Å²) in [4.78, 5) is 11.2. The fourth-order valence-electron chi connectivity index (χ4n) is 4.31. The van der Waals surface area contributed by atoms with Gasteiger partial charge >= 0.3 is 0 Å². The van der Waals surface area contributed by atoms with Crippen molar-refractivity contribution in [1.82, 2.24) is 9.97 Å². The van der Waals surface area contributed by atoms with E-state index in [4.69, 9.17) is 0 Å². The summed E-state index contributed by atoms with van der Waals surface area (Å²) in [6.45, 7) is 3.32. The number of fused-ring (bicyclic) bond motifs is 2. The van der Waals surface area contributed by atoms with E-state index in [-0.39, 0.29) is 0 Å². The summed E-state index contributed by atoms with van der Waals surface area (Å²) < 4.78 is 0. The van der Waals surface area contributed by atoms with E-state index in [0.717, 1.165) is 42.4 Å². The highest BCUT2D eigenvalue weighted by Crippen LogP contribution is 2.48. The van der Waals surface area contributed by atoms with Crippen LogP contribution in [0.4, 0.5) is 11.6 Å². The summed E-state index contributed by atoms with van der Waals surface area (Å²) in [5.74, 6) is 4.93. The first-order chi connectivity index (χ1) is 9.72. The zero-order chi connectivity index (χ0) is 14.1. The van der Waals surface area contributed by atoms with E-state index in [0.29, 0.717) is 0 Å². The van der Waals surface area contributed by atoms with Crippen LogP contribution in [0.3, 0.4) is 0 Å². The first-order valence-corrected chi connectivity index (χ1v) is 7.95. The topological polar surface area (TPSA) is 41.1 Å². The van der Waals surface area contributed by atoms with Crippen LogP contribution in [-0.4, -0.2) is 30.6 Å². The number of rotatable bonds is 5. The minimum atomic E-state index is 0.872. The Balaban J connectivity index is 1.75. The van der Waals surface area contributed by atoms with Gasteiger partial charge in [-0.15, -0.1) is 0 Å². The van der Waals surface area contributed by atoms with Crippen molar-refractivity contribution >= 4 is 11.6 Å². The number of aromatic nitrogens is 2. The molecule has 0 aromatic carbocycles. The highest BCUT2D eigenvalue weighted by atomic mass is 15.2. The number of hydrogen-bond acceptors (Lipinski definition) is 4. The smallest absolute Gasteiger partial charge is 0.137 e. The molecule has 2 bridgehead atoms. The third-order valence-corrected chi connectivity index (χ3v) is 5.27. The SMILES string of the molecule is CCc1c(NC)ncnc1N(C)CC1CC2CCC1C2. The molecule has 1 N–H and O–H groups in total. The van der Waals surface area contributed by atoms with Crippen LogP contribution < -0.4 is 10.2 Å². The normalized spacial score (nSPS) is 27.9. The van der Waals surface area contributed by atoms with Crippen LogP contribution in [-0.2, 0) is 6.42 Å². The summed E-state index contributed by atoms with van der Waals surface area (Å²) >= 11 is 0. The third-order valence-electron chi connectivity index (χ3n) is 5.27. The van der Waals surface area contributed by atoms with Gasteiger partial charge in [-0.05, 0) is 43.4 Å². The van der Waals surface area contributed by atoms with Crippen molar-refractivity contribution in [1.29, 1.82) is 0 Å². The lowest BCUT2D eigenvalue weighted by molar-refractivity contribution is 0.337. The number of hydrogen-bond donors (Lipinski definition) is 1. The molecule has 1 aromatic heterocycles. The fourth-order valence-corrected chi connectivity index (χ4v) is 4.31. The van der Waals surface area contributed by atoms with Gasteiger partial charge in [0.05, 0.1) is 0 Å². The van der Waals surface area contributed by atoms with Gasteiger partial charge in [-0.25, -0.2) is 9.97 Å². The van der Waals surface area contributed by atoms with Gasteiger partial charge in [0.25, 0.3) is 0 Å². The predicted molar refractivity (Wildman–Crippen MR) is 83.2 cm³/mol. The van der Waals surface area contributed by atoms with E-state index in [1.54, 1.807) is 6.33 Å². The van der Waals surface area contributed by atoms with Crippen LogP contribution in [0.5, 0.6) is 0 Å². The molecule has 0 radical (unpaired) electrons. The summed E-state index contributed by atoms with van der Waals surface area (Å²) in [5, 5.41) is 3.18. The van der Waals surface area contributed by atoms with E-state index in [2.05, 4.69) is 34.2 Å². The zero-order valence-electron chi connectivity index (χ0n) is 12.9. The van der Waals surface area contributed by atoms with Gasteiger partial charge < -0.3 is 10.2 Å². The van der Waals surface area contributed by atoms with Gasteiger partial charge in [-0.3, -0.25) is 0 Å². The lowest BCUT2D eigenvalue weighted by Crippen LogP contribution is -2.30. The van der Waals surface area contributed by atoms with E-state index in [1.165, 1.54) is 31.2 Å². The van der Waals surface area contributed by atoms with Crippen LogP contribution in [0.1, 0.15) is 38.2 Å². The monoisotopic (exact) mass is 274 g/mol. The Morgan fingerprint density at radius 3 is 2.75 bits per heavy atom. The standard InChI is InChI=1S/C16H26N4/c1-4-14-15(17-2)18-10-19-16(14)20(3)9-13-8-11-5-6-12(13)7-11/h10-13H,4-9H2,1-3H3,(H,17,18,19). The van der Waals surface area contributed by atoms with Gasteiger partial charge in [0.1, 0.15) is 18.0 Å². The molecule has 0 saturated heterocycles. The van der Waals surface area contributed by atoms with Gasteiger partial charge in [0, 0.05) is 26.2 Å². The first-order valence-electron chi connectivity index (χ1n) is 7.95. The largest absolute Gasteiger partial charge is 0.373 e. The molecule has 0 amide bonds. The number of nitrogens with zero attached hydrogens (tertiary/aromatic N) is 3. The Kier molecular flexibility index (Phi) is 3.81. The Hall–Kier alpha value is -1.32. The first kappa shape index (κ1) is 13.7. The second kappa shape index (κ2) is 5.58. The molecule has 3 rings (SSSR count). The molecule has 20 heavy (non-hydrogen) atoms. The number of anilines is 2. The van der Waals surface area contributed by atoms with Gasteiger partial charge in [-0.1, -0.05) is 13.3 Å². The van der Waals surface area contributed by atoms with E-state index in [1.807, 2.05) is 7.05 Å². The van der Waals surface area contributed by atoms with Crippen LogP contribution in [0.2, 0.25) is 0 Å². The second-order valence-electron chi connectivity index (χ2n) is 6.44. The third kappa shape index (κ3) is 2.36. The second-order valence-corrected chi connectivity index (χ2v) is 6.44. The van der Waals surface area contributed by atoms with Crippen LogP contribution >= 0.6 is 0 Å². The van der Waals surface area contributed by atoms with Crippen LogP contribution in [0, 0.1) is 17.8 Å². The van der Waals surface area contributed by atoms with E-state index < -0.39 is 0 Å². The Bertz CT molecular complexity index is 474. The molecule has 0 spiro atoms. The lowest BCUT2D eigenvalue weighted by Gasteiger charge is -2.29. The molecule has 0 aliphatic heterocycles. The van der Waals surface area contributed by atoms with E-state index in [9.17, 15) is 0 Å². The Morgan fingerprint density at radius 2 is 2.15 bits per heavy atom. The van der Waals surface area contributed by atoms with Gasteiger partial charge in [-0.2, -0.15) is 0 Å². The molecule has 3 unspecified atom stereocenters. The highest BCUT2D eigenvalue weighted by Gasteiger charge is 2.39. The fraction of sp³-hybridized carbons (Fsp3) is 0.750. The van der Waals surface area contributed by atoms with Crippen molar-refractivity contribution in [3.63, 3.8) is 0 Å². The molecule has 4 nitrogen and oxygen atoms in total. The maximum atomic E-state index is 4.54. The summed E-state index contributed by atoms with van der Waals surface area (Å²) in [6.07, 6.45) is 8.48. The van der Waals surface area contributed by atoms with E-state index >= 15 is 0 Å². The Labute approximate surface area is 122 Å². The average molecular weight is 274 g/mol. The molecule has 1 heterocycles. The molecule has 2 fully saturated rings. The molecular weight excluding hydrogens is 248 g/mol. The predicted octanol–water partition coefficient (Wildman–Crippen LogP) is 2.95. The molecule has 2 saturated carbocycles. The zero-order valence-corrected chi connectivity index (χ0v) is 12.9. The minimum Gasteiger partial charge on any atom is -0.373 e. The summed E-state index contributed by atoms with van der Waals surface area (Å²) in [5.41, 5.74) is 1.24. The molecule has 2 aliphatic rings. The minimum absolute atomic E-state index is 0.872. The molecule has 3 atom stereocenters. The van der Waals surface area contributed by atoms with Crippen molar-refractivity contribution in [2.24, 2.45) is 17.8 Å². The van der Waals surface area contributed by atoms with Gasteiger partial charge in [0.15, 0.2) is 0 Å². The quantitative estimate of drug-likeness (QED) is 0.896. The van der Waals surface area contributed by atoms with Crippen LogP contribution in [0.15, 0.2) is 6.33 Å². The highest BCUT2D eigenvalue weighted by molar-refractivity contribution is 5.58. The molecule has 1 aromatic rings. The van der Waals surface area contributed by atoms with Crippen molar-refractivity contribution in [2.75, 3.05) is 30.9 Å². The summed E-state index contributed by atoms with van der Waals surface area (Å²) in [7, 11) is 4.12. The van der Waals surface area contributed by atoms with Crippen molar-refractivity contribution in [3.05, 3.63) is 11.9 Å². The molecule has 2 aliphatic carbocycles. The maximum Gasteiger partial charge on any atom is 0.137 e.